The van der Waals surface area contributed by atoms with Gasteiger partial charge in [0.2, 0.25) is 21.8 Å². The molecule has 0 aliphatic carbocycles. The van der Waals surface area contributed by atoms with Crippen molar-refractivity contribution in [2.75, 3.05) is 26.2 Å². The fourth-order valence-corrected chi connectivity index (χ4v) is 4.86. The summed E-state index contributed by atoms with van der Waals surface area (Å²) in [4.78, 5) is 1.02. The van der Waals surface area contributed by atoms with Gasteiger partial charge in [0.05, 0.1) is 6.54 Å². The molecule has 2 heterocycles. The number of hydrogen-bond donors (Lipinski definition) is 0. The topological polar surface area (TPSA) is 79.5 Å². The Morgan fingerprint density at radius 3 is 2.23 bits per heavy atom. The summed E-state index contributed by atoms with van der Waals surface area (Å²) in [5, 5.41) is 8.64. The number of halogens is 3. The average molecular weight is 455 g/mol. The molecule has 0 amide bonds. The van der Waals surface area contributed by atoms with E-state index < -0.39 is 26.6 Å². The molecule has 30 heavy (non-hydrogen) atoms. The van der Waals surface area contributed by atoms with Gasteiger partial charge in [0.1, 0.15) is 11.6 Å². The van der Waals surface area contributed by atoms with E-state index in [1.54, 1.807) is 24.3 Å². The molecule has 1 saturated heterocycles. The van der Waals surface area contributed by atoms with Gasteiger partial charge in [-0.3, -0.25) is 4.90 Å². The van der Waals surface area contributed by atoms with E-state index in [1.165, 1.54) is 0 Å². The van der Waals surface area contributed by atoms with Gasteiger partial charge in [0.25, 0.3) is 0 Å². The molecule has 0 N–H and O–H groups in total. The summed E-state index contributed by atoms with van der Waals surface area (Å²) in [5.41, 5.74) is 0.737. The van der Waals surface area contributed by atoms with Crippen LogP contribution in [0, 0.1) is 11.6 Å². The second-order valence-corrected chi connectivity index (χ2v) is 9.05. The van der Waals surface area contributed by atoms with E-state index in [2.05, 4.69) is 10.2 Å². The van der Waals surface area contributed by atoms with Crippen LogP contribution >= 0.6 is 11.6 Å². The Balaban J connectivity index is 1.40. The molecule has 4 rings (SSSR count). The van der Waals surface area contributed by atoms with E-state index in [0.29, 0.717) is 36.4 Å². The summed E-state index contributed by atoms with van der Waals surface area (Å²) in [6.07, 6.45) is 0. The molecule has 3 aromatic rings. The molecular formula is C19H17ClF2N4O3S. The maximum Gasteiger partial charge on any atom is 0.249 e. The molecule has 7 nitrogen and oxygen atoms in total. The minimum Gasteiger partial charge on any atom is -0.419 e. The van der Waals surface area contributed by atoms with Crippen molar-refractivity contribution >= 4 is 21.6 Å². The van der Waals surface area contributed by atoms with E-state index in [1.807, 2.05) is 4.90 Å². The number of rotatable bonds is 5. The monoisotopic (exact) mass is 454 g/mol. The van der Waals surface area contributed by atoms with E-state index in [-0.39, 0.29) is 13.1 Å². The van der Waals surface area contributed by atoms with Crippen molar-refractivity contribution in [3.63, 3.8) is 0 Å². The van der Waals surface area contributed by atoms with E-state index >= 15 is 0 Å². The predicted octanol–water partition coefficient (Wildman–Crippen LogP) is 3.17. The highest BCUT2D eigenvalue weighted by Crippen LogP contribution is 2.24. The first-order chi connectivity index (χ1) is 14.3. The Kier molecular flexibility index (Phi) is 5.83. The van der Waals surface area contributed by atoms with E-state index in [0.717, 1.165) is 28.1 Å². The fraction of sp³-hybridized carbons (Fsp3) is 0.263. The Labute approximate surface area is 176 Å². The summed E-state index contributed by atoms with van der Waals surface area (Å²) in [6, 6.07) is 9.97. The van der Waals surface area contributed by atoms with Crippen LogP contribution in [0.3, 0.4) is 0 Å². The van der Waals surface area contributed by atoms with Crippen LogP contribution in [0.15, 0.2) is 51.8 Å². The number of aromatic nitrogens is 2. The highest BCUT2D eigenvalue weighted by Gasteiger charge is 2.33. The minimum atomic E-state index is -4.26. The molecular weight excluding hydrogens is 438 g/mol. The zero-order chi connectivity index (χ0) is 21.3. The van der Waals surface area contributed by atoms with Crippen LogP contribution in [-0.2, 0) is 16.6 Å². The van der Waals surface area contributed by atoms with Crippen LogP contribution in [0.25, 0.3) is 11.5 Å². The van der Waals surface area contributed by atoms with Gasteiger partial charge in [-0.1, -0.05) is 17.7 Å². The molecule has 0 saturated carbocycles. The van der Waals surface area contributed by atoms with Crippen molar-refractivity contribution in [1.29, 1.82) is 0 Å². The normalized spacial score (nSPS) is 16.1. The maximum absolute atomic E-state index is 13.9. The molecule has 11 heteroatoms. The largest absolute Gasteiger partial charge is 0.419 e. The van der Waals surface area contributed by atoms with Gasteiger partial charge in [0, 0.05) is 36.8 Å². The average Bonchev–Trinajstić information content (AvgIpc) is 3.17. The first-order valence-corrected chi connectivity index (χ1v) is 10.9. The Hall–Kier alpha value is -2.40. The third-order valence-corrected chi connectivity index (χ3v) is 6.97. The van der Waals surface area contributed by atoms with Gasteiger partial charge in [-0.15, -0.1) is 10.2 Å². The first-order valence-electron chi connectivity index (χ1n) is 9.09. The molecule has 0 atom stereocenters. The molecule has 0 spiro atoms. The Bertz CT molecular complexity index is 1130. The summed E-state index contributed by atoms with van der Waals surface area (Å²) in [7, 11) is -4.26. The molecule has 2 aromatic carbocycles. The molecule has 1 aliphatic heterocycles. The lowest BCUT2D eigenvalue weighted by Gasteiger charge is -2.33. The standard InChI is InChI=1S/C19H17ClF2N4O3S/c20-14-6-4-13(5-7-14)19-24-23-17(29-19)12-25-8-10-26(11-9-25)30(27,28)18-15(21)2-1-3-16(18)22/h1-7H,8-12H2. The van der Waals surface area contributed by atoms with Crippen LogP contribution in [0.4, 0.5) is 8.78 Å². The maximum atomic E-state index is 13.9. The number of nitrogens with zero attached hydrogens (tertiary/aromatic N) is 4. The summed E-state index contributed by atoms with van der Waals surface area (Å²) in [5.74, 6) is -1.45. The van der Waals surface area contributed by atoms with Crippen LogP contribution < -0.4 is 0 Å². The van der Waals surface area contributed by atoms with Crippen LogP contribution in [0.1, 0.15) is 5.89 Å². The summed E-state index contributed by atoms with van der Waals surface area (Å²) >= 11 is 5.87. The molecule has 158 valence electrons. The van der Waals surface area contributed by atoms with Crippen LogP contribution in [0.5, 0.6) is 0 Å². The SMILES string of the molecule is O=S(=O)(c1c(F)cccc1F)N1CCN(Cc2nnc(-c3ccc(Cl)cc3)o2)CC1. The van der Waals surface area contributed by atoms with E-state index in [9.17, 15) is 17.2 Å². The zero-order valence-corrected chi connectivity index (χ0v) is 17.2. The number of sulfonamides is 1. The molecule has 0 bridgehead atoms. The number of hydrogen-bond acceptors (Lipinski definition) is 6. The third-order valence-electron chi connectivity index (χ3n) is 4.76. The zero-order valence-electron chi connectivity index (χ0n) is 15.6. The lowest BCUT2D eigenvalue weighted by molar-refractivity contribution is 0.168. The third kappa shape index (κ3) is 4.22. The fourth-order valence-electron chi connectivity index (χ4n) is 3.20. The van der Waals surface area contributed by atoms with Crippen LogP contribution in [0.2, 0.25) is 5.02 Å². The van der Waals surface area contributed by atoms with Gasteiger partial charge in [0.15, 0.2) is 4.90 Å². The highest BCUT2D eigenvalue weighted by atomic mass is 35.5. The lowest BCUT2D eigenvalue weighted by Crippen LogP contribution is -2.48. The molecule has 0 radical (unpaired) electrons. The molecule has 1 aliphatic rings. The highest BCUT2D eigenvalue weighted by molar-refractivity contribution is 7.89. The molecule has 1 aromatic heterocycles. The van der Waals surface area contributed by atoms with Crippen molar-refractivity contribution in [3.05, 3.63) is 65.0 Å². The summed E-state index contributed by atoms with van der Waals surface area (Å²) in [6.45, 7) is 1.23. The van der Waals surface area contributed by atoms with Crippen molar-refractivity contribution in [3.8, 4) is 11.5 Å². The van der Waals surface area contributed by atoms with Gasteiger partial charge >= 0.3 is 0 Å². The number of piperazine rings is 1. The lowest BCUT2D eigenvalue weighted by atomic mass is 10.2. The van der Waals surface area contributed by atoms with Crippen molar-refractivity contribution in [2.45, 2.75) is 11.4 Å². The minimum absolute atomic E-state index is 0.0916. The second kappa shape index (κ2) is 8.38. The Morgan fingerprint density at radius 2 is 1.60 bits per heavy atom. The van der Waals surface area contributed by atoms with Gasteiger partial charge in [-0.25, -0.2) is 17.2 Å². The Morgan fingerprint density at radius 1 is 0.967 bits per heavy atom. The van der Waals surface area contributed by atoms with Gasteiger partial charge in [-0.2, -0.15) is 4.31 Å². The van der Waals surface area contributed by atoms with Crippen molar-refractivity contribution in [2.24, 2.45) is 0 Å². The molecule has 0 unspecified atom stereocenters. The number of benzene rings is 2. The van der Waals surface area contributed by atoms with Gasteiger partial charge in [-0.05, 0) is 36.4 Å². The summed E-state index contributed by atoms with van der Waals surface area (Å²) < 4.78 is 59.9. The van der Waals surface area contributed by atoms with Crippen molar-refractivity contribution in [1.82, 2.24) is 19.4 Å². The molecule has 1 fully saturated rings. The van der Waals surface area contributed by atoms with Crippen molar-refractivity contribution < 1.29 is 21.6 Å². The van der Waals surface area contributed by atoms with Gasteiger partial charge < -0.3 is 4.42 Å². The second-order valence-electron chi connectivity index (χ2n) is 6.74. The quantitative estimate of drug-likeness (QED) is 0.589. The predicted molar refractivity (Wildman–Crippen MR) is 105 cm³/mol. The van der Waals surface area contributed by atoms with Crippen LogP contribution in [-0.4, -0.2) is 54.0 Å². The smallest absolute Gasteiger partial charge is 0.249 e. The first kappa shape index (κ1) is 20.9. The van der Waals surface area contributed by atoms with E-state index in [4.69, 9.17) is 16.0 Å².